The predicted octanol–water partition coefficient (Wildman–Crippen LogP) is 2.44. The predicted molar refractivity (Wildman–Crippen MR) is 105 cm³/mol. The largest absolute Gasteiger partial charge is 0.353 e. The zero-order valence-corrected chi connectivity index (χ0v) is 15.4. The standard InChI is InChI=1S/C21H23N5O/c1-26-8-4-18(5-9-26)25-21(27)12-19-11-17-10-15(2-3-16(17)13-24-19)20-14-22-6-7-23-20/h2-3,6-7,10-11,13-14,18H,4-5,8-9,12H2,1H3,(H,25,27). The van der Waals surface area contributed by atoms with Crippen LogP contribution in [0.25, 0.3) is 22.0 Å². The van der Waals surface area contributed by atoms with E-state index in [-0.39, 0.29) is 11.9 Å². The fourth-order valence-corrected chi connectivity index (χ4v) is 3.49. The number of nitrogens with zero attached hydrogens (tertiary/aromatic N) is 4. The third-order valence-corrected chi connectivity index (χ3v) is 5.06. The van der Waals surface area contributed by atoms with Gasteiger partial charge in [0.25, 0.3) is 0 Å². The monoisotopic (exact) mass is 361 g/mol. The van der Waals surface area contributed by atoms with Gasteiger partial charge in [-0.15, -0.1) is 0 Å². The molecule has 0 radical (unpaired) electrons. The minimum atomic E-state index is 0.0430. The Bertz CT molecular complexity index is 936. The molecule has 3 aromatic rings. The Hall–Kier alpha value is -2.86. The molecule has 4 rings (SSSR count). The Balaban J connectivity index is 1.48. The number of rotatable bonds is 4. The number of fused-ring (bicyclic) bond motifs is 1. The molecule has 1 N–H and O–H groups in total. The molecule has 1 aromatic carbocycles. The number of carbonyl (C=O) groups excluding carboxylic acids is 1. The quantitative estimate of drug-likeness (QED) is 0.773. The summed E-state index contributed by atoms with van der Waals surface area (Å²) in [4.78, 5) is 27.6. The summed E-state index contributed by atoms with van der Waals surface area (Å²) in [7, 11) is 2.12. The number of aromatic nitrogens is 3. The van der Waals surface area contributed by atoms with Crippen LogP contribution < -0.4 is 5.32 Å². The van der Waals surface area contributed by atoms with E-state index >= 15 is 0 Å². The Morgan fingerprint density at radius 1 is 1.11 bits per heavy atom. The third kappa shape index (κ3) is 4.28. The molecule has 0 bridgehead atoms. The minimum absolute atomic E-state index is 0.0430. The highest BCUT2D eigenvalue weighted by molar-refractivity contribution is 5.87. The lowest BCUT2D eigenvalue weighted by atomic mass is 10.0. The molecule has 6 nitrogen and oxygen atoms in total. The number of nitrogens with one attached hydrogen (secondary N) is 1. The first-order valence-electron chi connectivity index (χ1n) is 9.30. The van der Waals surface area contributed by atoms with E-state index in [0.717, 1.165) is 53.7 Å². The highest BCUT2D eigenvalue weighted by Gasteiger charge is 2.18. The summed E-state index contributed by atoms with van der Waals surface area (Å²) in [6.07, 6.45) is 9.24. The van der Waals surface area contributed by atoms with Crippen molar-refractivity contribution in [2.45, 2.75) is 25.3 Å². The molecular weight excluding hydrogens is 338 g/mol. The van der Waals surface area contributed by atoms with Gasteiger partial charge in [0.2, 0.25) is 5.91 Å². The van der Waals surface area contributed by atoms with Gasteiger partial charge in [-0.3, -0.25) is 19.7 Å². The van der Waals surface area contributed by atoms with Crippen molar-refractivity contribution in [1.29, 1.82) is 0 Å². The number of hydrogen-bond acceptors (Lipinski definition) is 5. The lowest BCUT2D eigenvalue weighted by molar-refractivity contribution is -0.121. The summed E-state index contributed by atoms with van der Waals surface area (Å²) in [5, 5.41) is 5.24. The zero-order chi connectivity index (χ0) is 18.6. The number of carbonyl (C=O) groups is 1. The van der Waals surface area contributed by atoms with Crippen LogP contribution in [0, 0.1) is 0 Å². The first kappa shape index (κ1) is 17.5. The van der Waals surface area contributed by atoms with E-state index in [1.165, 1.54) is 0 Å². The van der Waals surface area contributed by atoms with E-state index < -0.39 is 0 Å². The van der Waals surface area contributed by atoms with Crippen LogP contribution in [0.3, 0.4) is 0 Å². The fraction of sp³-hybridized carbons (Fsp3) is 0.333. The molecule has 138 valence electrons. The molecular formula is C21H23N5O. The van der Waals surface area contributed by atoms with Crippen molar-refractivity contribution in [3.8, 4) is 11.3 Å². The van der Waals surface area contributed by atoms with Crippen LogP contribution in [0.15, 0.2) is 49.1 Å². The molecule has 27 heavy (non-hydrogen) atoms. The summed E-state index contributed by atoms with van der Waals surface area (Å²) < 4.78 is 0. The Morgan fingerprint density at radius 3 is 2.74 bits per heavy atom. The van der Waals surface area contributed by atoms with E-state index in [0.29, 0.717) is 6.42 Å². The summed E-state index contributed by atoms with van der Waals surface area (Å²) in [5.41, 5.74) is 2.62. The summed E-state index contributed by atoms with van der Waals surface area (Å²) in [5.74, 6) is 0.0430. The second-order valence-corrected chi connectivity index (χ2v) is 7.15. The zero-order valence-electron chi connectivity index (χ0n) is 15.4. The first-order chi connectivity index (χ1) is 13.2. The molecule has 1 aliphatic rings. The third-order valence-electron chi connectivity index (χ3n) is 5.06. The van der Waals surface area contributed by atoms with Crippen LogP contribution in [-0.2, 0) is 11.2 Å². The second-order valence-electron chi connectivity index (χ2n) is 7.15. The van der Waals surface area contributed by atoms with Crippen molar-refractivity contribution < 1.29 is 4.79 Å². The Labute approximate surface area is 158 Å². The molecule has 1 saturated heterocycles. The summed E-state index contributed by atoms with van der Waals surface area (Å²) in [6, 6.07) is 8.37. The van der Waals surface area contributed by atoms with E-state index in [2.05, 4.69) is 38.3 Å². The van der Waals surface area contributed by atoms with Crippen molar-refractivity contribution in [2.24, 2.45) is 0 Å². The van der Waals surface area contributed by atoms with E-state index in [1.807, 2.05) is 24.4 Å². The normalized spacial score (nSPS) is 15.7. The van der Waals surface area contributed by atoms with Crippen molar-refractivity contribution in [3.63, 3.8) is 0 Å². The maximum atomic E-state index is 12.4. The first-order valence-corrected chi connectivity index (χ1v) is 9.30. The molecule has 0 atom stereocenters. The highest BCUT2D eigenvalue weighted by Crippen LogP contribution is 2.22. The number of amides is 1. The van der Waals surface area contributed by atoms with Gasteiger partial charge in [-0.05, 0) is 50.5 Å². The Morgan fingerprint density at radius 2 is 1.96 bits per heavy atom. The molecule has 1 aliphatic heterocycles. The Kier molecular flexibility index (Phi) is 5.07. The van der Waals surface area contributed by atoms with Crippen LogP contribution in [0.1, 0.15) is 18.5 Å². The van der Waals surface area contributed by atoms with Gasteiger partial charge in [-0.25, -0.2) is 0 Å². The molecule has 0 saturated carbocycles. The van der Waals surface area contributed by atoms with E-state index in [4.69, 9.17) is 0 Å². The smallest absolute Gasteiger partial charge is 0.226 e. The maximum Gasteiger partial charge on any atom is 0.226 e. The molecule has 0 aliphatic carbocycles. The van der Waals surface area contributed by atoms with Crippen molar-refractivity contribution in [3.05, 3.63) is 54.7 Å². The van der Waals surface area contributed by atoms with Gasteiger partial charge in [0.1, 0.15) is 0 Å². The number of pyridine rings is 1. The number of likely N-dealkylation sites (tertiary alicyclic amines) is 1. The van der Waals surface area contributed by atoms with E-state index in [9.17, 15) is 4.79 Å². The van der Waals surface area contributed by atoms with Gasteiger partial charge >= 0.3 is 0 Å². The lowest BCUT2D eigenvalue weighted by Gasteiger charge is -2.29. The summed E-state index contributed by atoms with van der Waals surface area (Å²) >= 11 is 0. The molecule has 1 amide bonds. The van der Waals surface area contributed by atoms with Crippen molar-refractivity contribution in [1.82, 2.24) is 25.2 Å². The number of hydrogen-bond donors (Lipinski definition) is 1. The van der Waals surface area contributed by atoms with Gasteiger partial charge in [0, 0.05) is 35.6 Å². The van der Waals surface area contributed by atoms with Crippen LogP contribution in [0.5, 0.6) is 0 Å². The highest BCUT2D eigenvalue weighted by atomic mass is 16.1. The van der Waals surface area contributed by atoms with Crippen LogP contribution in [0.2, 0.25) is 0 Å². The number of benzene rings is 1. The molecule has 2 aromatic heterocycles. The average molecular weight is 361 g/mol. The molecule has 0 unspecified atom stereocenters. The van der Waals surface area contributed by atoms with Gasteiger partial charge < -0.3 is 10.2 Å². The fourth-order valence-electron chi connectivity index (χ4n) is 3.49. The average Bonchev–Trinajstić information content (AvgIpc) is 2.70. The minimum Gasteiger partial charge on any atom is -0.353 e. The van der Waals surface area contributed by atoms with E-state index in [1.54, 1.807) is 18.6 Å². The molecule has 0 spiro atoms. The van der Waals surface area contributed by atoms with Gasteiger partial charge in [-0.2, -0.15) is 0 Å². The van der Waals surface area contributed by atoms with Crippen LogP contribution in [0.4, 0.5) is 0 Å². The molecule has 1 fully saturated rings. The maximum absolute atomic E-state index is 12.4. The van der Waals surface area contributed by atoms with Gasteiger partial charge in [-0.1, -0.05) is 12.1 Å². The van der Waals surface area contributed by atoms with Gasteiger partial charge in [0.15, 0.2) is 0 Å². The van der Waals surface area contributed by atoms with Crippen molar-refractivity contribution in [2.75, 3.05) is 20.1 Å². The summed E-state index contributed by atoms with van der Waals surface area (Å²) in [6.45, 7) is 2.06. The topological polar surface area (TPSA) is 71.0 Å². The second kappa shape index (κ2) is 7.80. The van der Waals surface area contributed by atoms with Crippen molar-refractivity contribution >= 4 is 16.7 Å². The van der Waals surface area contributed by atoms with Gasteiger partial charge in [0.05, 0.1) is 24.0 Å². The molecule has 6 heteroatoms. The van der Waals surface area contributed by atoms with Crippen LogP contribution >= 0.6 is 0 Å². The number of piperidine rings is 1. The SMILES string of the molecule is CN1CCC(NC(=O)Cc2cc3cc(-c4cnccn4)ccc3cn2)CC1. The van der Waals surface area contributed by atoms with Crippen LogP contribution in [-0.4, -0.2) is 51.9 Å². The lowest BCUT2D eigenvalue weighted by Crippen LogP contribution is -2.43. The molecule has 3 heterocycles.